The minimum absolute atomic E-state index is 0.0255. The number of carbonyl (C=O) groups is 1. The zero-order valence-corrected chi connectivity index (χ0v) is 19.1. The standard InChI is InChI=1S/C22H18ClN3O4S2/c1-12-19(13-5-3-2-4-6-13)22(12,21(27)28)26-32(29,30)18-10-9-17(31-18)20-24-15-8-7-14(23)11-16(15)25-20/h2-12,19,26H,1H3,(H,24,25)(H,27,28)/t12?,19-,22-/m0/s1. The van der Waals surface area contributed by atoms with Crippen molar-refractivity contribution in [2.24, 2.45) is 5.92 Å². The first-order valence-corrected chi connectivity index (χ1v) is 12.5. The number of benzene rings is 2. The second-order valence-electron chi connectivity index (χ2n) is 7.82. The second kappa shape index (κ2) is 7.41. The van der Waals surface area contributed by atoms with Crippen molar-refractivity contribution in [2.45, 2.75) is 22.6 Å². The van der Waals surface area contributed by atoms with Crippen molar-refractivity contribution in [3.8, 4) is 10.7 Å². The molecule has 0 bridgehead atoms. The van der Waals surface area contributed by atoms with Gasteiger partial charge < -0.3 is 10.1 Å². The Morgan fingerprint density at radius 2 is 1.94 bits per heavy atom. The summed E-state index contributed by atoms with van der Waals surface area (Å²) in [7, 11) is -4.07. The van der Waals surface area contributed by atoms with Gasteiger partial charge in [-0.1, -0.05) is 48.9 Å². The van der Waals surface area contributed by atoms with Gasteiger partial charge in [-0.3, -0.25) is 4.79 Å². The highest BCUT2D eigenvalue weighted by atomic mass is 35.5. The van der Waals surface area contributed by atoms with Crippen LogP contribution in [0.2, 0.25) is 5.02 Å². The maximum Gasteiger partial charge on any atom is 0.325 e. The molecule has 2 aromatic carbocycles. The maximum absolute atomic E-state index is 13.2. The number of H-pyrrole nitrogens is 1. The predicted octanol–water partition coefficient (Wildman–Crippen LogP) is 4.48. The number of nitrogens with one attached hydrogen (secondary N) is 2. The first-order valence-electron chi connectivity index (χ1n) is 9.80. The molecule has 1 unspecified atom stereocenters. The lowest BCUT2D eigenvalue weighted by Gasteiger charge is -2.15. The van der Waals surface area contributed by atoms with Crippen LogP contribution in [0.3, 0.4) is 0 Å². The van der Waals surface area contributed by atoms with E-state index in [0.717, 1.165) is 22.4 Å². The Morgan fingerprint density at radius 3 is 2.66 bits per heavy atom. The van der Waals surface area contributed by atoms with Gasteiger partial charge in [-0.2, -0.15) is 4.72 Å². The molecule has 3 atom stereocenters. The lowest BCUT2D eigenvalue weighted by molar-refractivity contribution is -0.140. The molecule has 0 saturated heterocycles. The van der Waals surface area contributed by atoms with Gasteiger partial charge in [0.15, 0.2) is 0 Å². The van der Waals surface area contributed by atoms with Crippen LogP contribution in [0.5, 0.6) is 0 Å². The van der Waals surface area contributed by atoms with Crippen LogP contribution in [0, 0.1) is 5.92 Å². The third-order valence-corrected chi connectivity index (χ3v) is 9.24. The number of aliphatic carboxylic acids is 1. The average Bonchev–Trinajstić information content (AvgIpc) is 3.14. The second-order valence-corrected chi connectivity index (χ2v) is 11.3. The zero-order valence-electron chi connectivity index (χ0n) is 16.7. The molecule has 32 heavy (non-hydrogen) atoms. The van der Waals surface area contributed by atoms with E-state index in [0.29, 0.717) is 21.2 Å². The molecule has 1 fully saturated rings. The van der Waals surface area contributed by atoms with Gasteiger partial charge in [0.1, 0.15) is 15.6 Å². The van der Waals surface area contributed by atoms with Gasteiger partial charge in [-0.25, -0.2) is 13.4 Å². The number of aromatic amines is 1. The van der Waals surface area contributed by atoms with Crippen LogP contribution in [0.15, 0.2) is 64.9 Å². The molecule has 2 aromatic heterocycles. The normalized spacial score (nSPS) is 22.8. The minimum Gasteiger partial charge on any atom is -0.480 e. The third-order valence-electron chi connectivity index (χ3n) is 5.94. The maximum atomic E-state index is 13.2. The molecule has 3 N–H and O–H groups in total. The highest BCUT2D eigenvalue weighted by molar-refractivity contribution is 7.91. The van der Waals surface area contributed by atoms with Gasteiger partial charge in [0, 0.05) is 10.9 Å². The number of rotatable bonds is 6. The molecule has 0 radical (unpaired) electrons. The van der Waals surface area contributed by atoms with Gasteiger partial charge in [-0.05, 0) is 41.8 Å². The van der Waals surface area contributed by atoms with Gasteiger partial charge in [0.2, 0.25) is 0 Å². The number of fused-ring (bicyclic) bond motifs is 1. The molecule has 7 nitrogen and oxygen atoms in total. The summed E-state index contributed by atoms with van der Waals surface area (Å²) in [5, 5.41) is 10.5. The minimum atomic E-state index is -4.07. The highest BCUT2D eigenvalue weighted by Gasteiger charge is 2.70. The summed E-state index contributed by atoms with van der Waals surface area (Å²) in [6.07, 6.45) is 0. The molecule has 4 aromatic rings. The first kappa shape index (κ1) is 21.1. The fourth-order valence-electron chi connectivity index (χ4n) is 4.26. The summed E-state index contributed by atoms with van der Waals surface area (Å²) < 4.78 is 28.8. The fraction of sp³-hybridized carbons (Fsp3) is 0.182. The van der Waals surface area contributed by atoms with E-state index in [-0.39, 0.29) is 4.21 Å². The van der Waals surface area contributed by atoms with E-state index in [1.807, 2.05) is 30.3 Å². The molecule has 0 spiro atoms. The van der Waals surface area contributed by atoms with Crippen LogP contribution < -0.4 is 4.72 Å². The summed E-state index contributed by atoms with van der Waals surface area (Å²) in [6.45, 7) is 1.74. The number of halogens is 1. The molecule has 164 valence electrons. The van der Waals surface area contributed by atoms with E-state index in [2.05, 4.69) is 14.7 Å². The van der Waals surface area contributed by atoms with Crippen LogP contribution in [-0.4, -0.2) is 35.0 Å². The topological polar surface area (TPSA) is 112 Å². The van der Waals surface area contributed by atoms with Crippen molar-refractivity contribution in [2.75, 3.05) is 0 Å². The predicted molar refractivity (Wildman–Crippen MR) is 123 cm³/mol. The molecular formula is C22H18ClN3O4S2. The van der Waals surface area contributed by atoms with E-state index >= 15 is 0 Å². The Bertz CT molecular complexity index is 1450. The molecule has 1 saturated carbocycles. The van der Waals surface area contributed by atoms with E-state index in [9.17, 15) is 18.3 Å². The number of imidazole rings is 1. The Morgan fingerprint density at radius 1 is 1.19 bits per heavy atom. The highest BCUT2D eigenvalue weighted by Crippen LogP contribution is 2.58. The third kappa shape index (κ3) is 3.32. The van der Waals surface area contributed by atoms with Crippen molar-refractivity contribution < 1.29 is 18.3 Å². The SMILES string of the molecule is CC1[C@@H](c2ccccc2)[C@]1(NS(=O)(=O)c1ccc(-c2nc3ccc(Cl)cc3[nH]2)s1)C(=O)O. The number of nitrogens with zero attached hydrogens (tertiary/aromatic N) is 1. The Labute approximate surface area is 193 Å². The fourth-order valence-corrected chi connectivity index (χ4v) is 7.14. The van der Waals surface area contributed by atoms with Crippen LogP contribution in [-0.2, 0) is 14.8 Å². The van der Waals surface area contributed by atoms with Gasteiger partial charge in [-0.15, -0.1) is 11.3 Å². The number of carboxylic acid groups (broad SMARTS) is 1. The molecule has 1 aliphatic rings. The summed E-state index contributed by atoms with van der Waals surface area (Å²) in [4.78, 5) is 20.4. The molecule has 1 aliphatic carbocycles. The summed E-state index contributed by atoms with van der Waals surface area (Å²) in [6, 6.07) is 17.5. The van der Waals surface area contributed by atoms with Crippen LogP contribution in [0.25, 0.3) is 21.7 Å². The zero-order chi connectivity index (χ0) is 22.7. The lowest BCUT2D eigenvalue weighted by Crippen LogP contribution is -2.45. The van der Waals surface area contributed by atoms with E-state index in [4.69, 9.17) is 11.6 Å². The number of hydrogen-bond donors (Lipinski definition) is 3. The molecule has 0 amide bonds. The van der Waals surface area contributed by atoms with Crippen molar-refractivity contribution in [3.63, 3.8) is 0 Å². The summed E-state index contributed by atoms with van der Waals surface area (Å²) in [5.74, 6) is -1.51. The summed E-state index contributed by atoms with van der Waals surface area (Å²) >= 11 is 7.04. The molecule has 0 aliphatic heterocycles. The van der Waals surface area contributed by atoms with E-state index < -0.39 is 33.4 Å². The van der Waals surface area contributed by atoms with Crippen molar-refractivity contribution in [3.05, 3.63) is 71.2 Å². The largest absolute Gasteiger partial charge is 0.480 e. The Hall–Kier alpha value is -2.72. The van der Waals surface area contributed by atoms with Crippen molar-refractivity contribution >= 4 is 50.0 Å². The Kier molecular flexibility index (Phi) is 4.90. The van der Waals surface area contributed by atoms with Crippen LogP contribution >= 0.6 is 22.9 Å². The van der Waals surface area contributed by atoms with Crippen molar-refractivity contribution in [1.29, 1.82) is 0 Å². The number of carboxylic acids is 1. The van der Waals surface area contributed by atoms with Crippen LogP contribution in [0.4, 0.5) is 0 Å². The van der Waals surface area contributed by atoms with E-state index in [1.54, 1.807) is 31.2 Å². The molecule has 10 heteroatoms. The number of sulfonamides is 1. The molecule has 5 rings (SSSR count). The van der Waals surface area contributed by atoms with Gasteiger partial charge in [0.25, 0.3) is 10.0 Å². The molecule has 2 heterocycles. The summed E-state index contributed by atoms with van der Waals surface area (Å²) in [5.41, 5.74) is 0.659. The number of hydrogen-bond acceptors (Lipinski definition) is 5. The van der Waals surface area contributed by atoms with E-state index in [1.165, 1.54) is 6.07 Å². The first-order chi connectivity index (χ1) is 15.2. The number of thiophene rings is 1. The van der Waals surface area contributed by atoms with Gasteiger partial charge >= 0.3 is 5.97 Å². The number of aromatic nitrogens is 2. The average molecular weight is 488 g/mol. The monoisotopic (exact) mass is 487 g/mol. The smallest absolute Gasteiger partial charge is 0.325 e. The Balaban J connectivity index is 1.46. The lowest BCUT2D eigenvalue weighted by atomic mass is 10.1. The molecular weight excluding hydrogens is 470 g/mol. The van der Waals surface area contributed by atoms with Crippen LogP contribution in [0.1, 0.15) is 18.4 Å². The van der Waals surface area contributed by atoms with Gasteiger partial charge in [0.05, 0.1) is 15.9 Å². The van der Waals surface area contributed by atoms with Crippen molar-refractivity contribution in [1.82, 2.24) is 14.7 Å². The quantitative estimate of drug-likeness (QED) is 0.371.